The van der Waals surface area contributed by atoms with Crippen molar-refractivity contribution in [1.29, 1.82) is 0 Å². The Bertz CT molecular complexity index is 682. The molecule has 0 bridgehead atoms. The molecule has 0 amide bonds. The first kappa shape index (κ1) is 14.3. The summed E-state index contributed by atoms with van der Waals surface area (Å²) >= 11 is 0. The number of hydrogen-bond acceptors (Lipinski definition) is 5. The maximum atomic E-state index is 11.4. The number of anilines is 2. The molecular weight excluding hydrogens is 274 g/mol. The van der Waals surface area contributed by atoms with E-state index >= 15 is 0 Å². The summed E-state index contributed by atoms with van der Waals surface area (Å²) in [7, 11) is -1.30. The molecule has 2 rings (SSSR count). The third kappa shape index (κ3) is 3.71. The monoisotopic (exact) mass is 291 g/mol. The summed E-state index contributed by atoms with van der Waals surface area (Å²) in [5, 5.41) is 6.26. The van der Waals surface area contributed by atoms with Gasteiger partial charge in [0.1, 0.15) is 0 Å². The van der Waals surface area contributed by atoms with Crippen molar-refractivity contribution < 1.29 is 8.42 Å². The normalized spacial score (nSPS) is 11.1. The van der Waals surface area contributed by atoms with E-state index in [9.17, 15) is 8.42 Å². The van der Waals surface area contributed by atoms with Crippen LogP contribution < -0.4 is 10.6 Å². The molecule has 0 atom stereocenters. The molecular formula is C14H17N3O2S. The Labute approximate surface area is 119 Å². The van der Waals surface area contributed by atoms with Gasteiger partial charge in [-0.15, -0.1) is 0 Å². The molecule has 0 fully saturated rings. The highest BCUT2D eigenvalue weighted by atomic mass is 32.2. The van der Waals surface area contributed by atoms with Crippen molar-refractivity contribution in [2.45, 2.75) is 11.4 Å². The van der Waals surface area contributed by atoms with Crippen molar-refractivity contribution in [2.75, 3.05) is 23.9 Å². The van der Waals surface area contributed by atoms with E-state index in [0.29, 0.717) is 11.4 Å². The minimum atomic E-state index is -3.13. The van der Waals surface area contributed by atoms with Crippen LogP contribution >= 0.6 is 0 Å². The van der Waals surface area contributed by atoms with Gasteiger partial charge in [-0.1, -0.05) is 12.1 Å². The Morgan fingerprint density at radius 1 is 1.10 bits per heavy atom. The molecule has 0 aliphatic heterocycles. The van der Waals surface area contributed by atoms with Crippen LogP contribution in [0.3, 0.4) is 0 Å². The van der Waals surface area contributed by atoms with Crippen LogP contribution in [0, 0.1) is 0 Å². The molecule has 1 aromatic heterocycles. The Balaban J connectivity index is 2.04. The summed E-state index contributed by atoms with van der Waals surface area (Å²) in [6.07, 6.45) is 4.69. The third-order valence-corrected chi connectivity index (χ3v) is 4.00. The average Bonchev–Trinajstić information content (AvgIpc) is 2.45. The van der Waals surface area contributed by atoms with E-state index < -0.39 is 9.84 Å². The lowest BCUT2D eigenvalue weighted by atomic mass is 10.2. The number of sulfone groups is 1. The molecule has 1 heterocycles. The number of hydrogen-bond donors (Lipinski definition) is 2. The molecule has 5 nitrogen and oxygen atoms in total. The number of rotatable bonds is 5. The molecule has 0 spiro atoms. The van der Waals surface area contributed by atoms with Crippen molar-refractivity contribution in [1.82, 2.24) is 4.98 Å². The topological polar surface area (TPSA) is 71.1 Å². The fraction of sp³-hybridized carbons (Fsp3) is 0.214. The molecule has 0 radical (unpaired) electrons. The third-order valence-electron chi connectivity index (χ3n) is 2.88. The predicted octanol–water partition coefficient (Wildman–Crippen LogP) is 2.14. The molecule has 0 aliphatic rings. The molecule has 0 aliphatic carbocycles. The van der Waals surface area contributed by atoms with Gasteiger partial charge in [-0.05, 0) is 23.8 Å². The summed E-state index contributed by atoms with van der Waals surface area (Å²) in [6, 6.07) is 8.80. The zero-order valence-electron chi connectivity index (χ0n) is 11.4. The maximum absolute atomic E-state index is 11.4. The summed E-state index contributed by atoms with van der Waals surface area (Å²) < 4.78 is 22.7. The number of nitrogens with zero attached hydrogens (tertiary/aromatic N) is 1. The van der Waals surface area contributed by atoms with E-state index in [1.54, 1.807) is 36.7 Å². The van der Waals surface area contributed by atoms with Crippen LogP contribution in [-0.4, -0.2) is 26.7 Å². The van der Waals surface area contributed by atoms with Gasteiger partial charge in [-0.3, -0.25) is 4.98 Å². The van der Waals surface area contributed by atoms with Gasteiger partial charge in [0.15, 0.2) is 9.84 Å². The Hall–Kier alpha value is -2.08. The molecule has 106 valence electrons. The van der Waals surface area contributed by atoms with Crippen LogP contribution in [0.15, 0.2) is 47.6 Å². The molecule has 0 saturated heterocycles. The van der Waals surface area contributed by atoms with Crippen molar-refractivity contribution in [2.24, 2.45) is 0 Å². The standard InChI is InChI=1S/C14H17N3O2S/c1-15-12-7-13(10-16-9-12)17-8-11-3-5-14(6-4-11)20(2,18)19/h3-7,9-10,15,17H,8H2,1-2H3. The summed E-state index contributed by atoms with van der Waals surface area (Å²) in [4.78, 5) is 4.44. The molecule has 2 N–H and O–H groups in total. The lowest BCUT2D eigenvalue weighted by Gasteiger charge is -2.08. The van der Waals surface area contributed by atoms with Gasteiger partial charge >= 0.3 is 0 Å². The van der Waals surface area contributed by atoms with Crippen molar-refractivity contribution in [3.05, 3.63) is 48.3 Å². The quantitative estimate of drug-likeness (QED) is 0.883. The second kappa shape index (κ2) is 5.92. The highest BCUT2D eigenvalue weighted by Crippen LogP contribution is 2.15. The van der Waals surface area contributed by atoms with Crippen LogP contribution in [0.25, 0.3) is 0 Å². The second-order valence-electron chi connectivity index (χ2n) is 4.48. The molecule has 0 saturated carbocycles. The van der Waals surface area contributed by atoms with E-state index in [1.165, 1.54) is 6.26 Å². The summed E-state index contributed by atoms with van der Waals surface area (Å²) in [5.41, 5.74) is 2.85. The van der Waals surface area contributed by atoms with Gasteiger partial charge in [0, 0.05) is 19.8 Å². The number of aromatic nitrogens is 1. The van der Waals surface area contributed by atoms with E-state index in [1.807, 2.05) is 13.1 Å². The lowest BCUT2D eigenvalue weighted by Crippen LogP contribution is -2.02. The largest absolute Gasteiger partial charge is 0.387 e. The number of nitrogens with one attached hydrogen (secondary N) is 2. The van der Waals surface area contributed by atoms with Crippen LogP contribution in [0.4, 0.5) is 11.4 Å². The SMILES string of the molecule is CNc1cncc(NCc2ccc(S(C)(=O)=O)cc2)c1. The van der Waals surface area contributed by atoms with E-state index in [4.69, 9.17) is 0 Å². The van der Waals surface area contributed by atoms with Crippen LogP contribution in [0.5, 0.6) is 0 Å². The van der Waals surface area contributed by atoms with Crippen LogP contribution in [0.1, 0.15) is 5.56 Å². The Morgan fingerprint density at radius 3 is 2.35 bits per heavy atom. The minimum absolute atomic E-state index is 0.333. The maximum Gasteiger partial charge on any atom is 0.175 e. The molecule has 6 heteroatoms. The number of benzene rings is 1. The first-order valence-corrected chi connectivity index (χ1v) is 8.04. The zero-order valence-corrected chi connectivity index (χ0v) is 12.2. The van der Waals surface area contributed by atoms with E-state index in [0.717, 1.165) is 16.9 Å². The first-order chi connectivity index (χ1) is 9.49. The zero-order chi connectivity index (χ0) is 14.6. The Morgan fingerprint density at radius 2 is 1.75 bits per heavy atom. The van der Waals surface area contributed by atoms with Gasteiger partial charge in [-0.2, -0.15) is 0 Å². The molecule has 2 aromatic rings. The smallest absolute Gasteiger partial charge is 0.175 e. The summed E-state index contributed by atoms with van der Waals surface area (Å²) in [5.74, 6) is 0. The predicted molar refractivity (Wildman–Crippen MR) is 80.7 cm³/mol. The van der Waals surface area contributed by atoms with Crippen LogP contribution in [0.2, 0.25) is 0 Å². The lowest BCUT2D eigenvalue weighted by molar-refractivity contribution is 0.602. The summed E-state index contributed by atoms with van der Waals surface area (Å²) in [6.45, 7) is 0.610. The van der Waals surface area contributed by atoms with Gasteiger partial charge in [0.05, 0.1) is 28.7 Å². The van der Waals surface area contributed by atoms with Gasteiger partial charge in [0.2, 0.25) is 0 Å². The molecule has 0 unspecified atom stereocenters. The van der Waals surface area contributed by atoms with Gasteiger partial charge < -0.3 is 10.6 Å². The molecule has 20 heavy (non-hydrogen) atoms. The van der Waals surface area contributed by atoms with E-state index in [2.05, 4.69) is 15.6 Å². The minimum Gasteiger partial charge on any atom is -0.387 e. The average molecular weight is 291 g/mol. The Kier molecular flexibility index (Phi) is 4.24. The van der Waals surface area contributed by atoms with Gasteiger partial charge in [-0.25, -0.2) is 8.42 Å². The fourth-order valence-electron chi connectivity index (χ4n) is 1.73. The van der Waals surface area contributed by atoms with Crippen molar-refractivity contribution in [3.8, 4) is 0 Å². The fourth-order valence-corrected chi connectivity index (χ4v) is 2.36. The highest BCUT2D eigenvalue weighted by molar-refractivity contribution is 7.90. The van der Waals surface area contributed by atoms with Crippen molar-refractivity contribution >= 4 is 21.2 Å². The molecule has 1 aromatic carbocycles. The van der Waals surface area contributed by atoms with E-state index in [-0.39, 0.29) is 0 Å². The van der Waals surface area contributed by atoms with Crippen LogP contribution in [-0.2, 0) is 16.4 Å². The highest BCUT2D eigenvalue weighted by Gasteiger charge is 2.05. The van der Waals surface area contributed by atoms with Crippen molar-refractivity contribution in [3.63, 3.8) is 0 Å². The number of pyridine rings is 1. The first-order valence-electron chi connectivity index (χ1n) is 6.15. The van der Waals surface area contributed by atoms with Gasteiger partial charge in [0.25, 0.3) is 0 Å². The second-order valence-corrected chi connectivity index (χ2v) is 6.50.